The van der Waals surface area contributed by atoms with Gasteiger partial charge in [-0.2, -0.15) is 0 Å². The van der Waals surface area contributed by atoms with Crippen molar-refractivity contribution in [2.75, 3.05) is 7.11 Å². The van der Waals surface area contributed by atoms with Crippen molar-refractivity contribution >= 4 is 5.91 Å². The van der Waals surface area contributed by atoms with E-state index in [0.29, 0.717) is 0 Å². The van der Waals surface area contributed by atoms with Crippen LogP contribution in [0.2, 0.25) is 0 Å². The Balaban J connectivity index is 1.77. The summed E-state index contributed by atoms with van der Waals surface area (Å²) < 4.78 is 5.20. The third kappa shape index (κ3) is 3.14. The molecule has 0 radical (unpaired) electrons. The van der Waals surface area contributed by atoms with Crippen LogP contribution in [0.1, 0.15) is 49.0 Å². The molecule has 0 spiro atoms. The predicted molar refractivity (Wildman–Crippen MR) is 94.1 cm³/mol. The quantitative estimate of drug-likeness (QED) is 0.881. The Morgan fingerprint density at radius 1 is 1.29 bits per heavy atom. The molecule has 2 aromatic rings. The summed E-state index contributed by atoms with van der Waals surface area (Å²) in [6, 6.07) is 11.8. The number of ether oxygens (including phenoxy) is 1. The van der Waals surface area contributed by atoms with Crippen LogP contribution in [0.4, 0.5) is 0 Å². The van der Waals surface area contributed by atoms with E-state index < -0.39 is 0 Å². The van der Waals surface area contributed by atoms with Crippen molar-refractivity contribution in [3.63, 3.8) is 0 Å². The maximum absolute atomic E-state index is 12.9. The standard InChI is InChI=1S/C20H24N2O2/c1-4-17(18-13-14(2)9-12-21-18)22-19(23)20(10-11-20)15-5-7-16(24-3)8-6-15/h5-9,12-13,17H,4,10-11H2,1-3H3,(H,22,23)/t17-/m1/s1. The van der Waals surface area contributed by atoms with Gasteiger partial charge in [0.2, 0.25) is 5.91 Å². The predicted octanol–water partition coefficient (Wildman–Crippen LogP) is 3.70. The number of methoxy groups -OCH3 is 1. The van der Waals surface area contributed by atoms with Crippen molar-refractivity contribution in [1.29, 1.82) is 0 Å². The third-order valence-corrected chi connectivity index (χ3v) is 4.83. The number of pyridine rings is 1. The fourth-order valence-electron chi connectivity index (χ4n) is 3.11. The van der Waals surface area contributed by atoms with Gasteiger partial charge in [0.15, 0.2) is 0 Å². The van der Waals surface area contributed by atoms with E-state index >= 15 is 0 Å². The molecule has 0 aliphatic heterocycles. The van der Waals surface area contributed by atoms with E-state index in [0.717, 1.165) is 41.8 Å². The Labute approximate surface area is 143 Å². The number of hydrogen-bond acceptors (Lipinski definition) is 3. The molecule has 4 nitrogen and oxygen atoms in total. The SMILES string of the molecule is CC[C@@H](NC(=O)C1(c2ccc(OC)cc2)CC1)c1cc(C)ccn1. The second-order valence-electron chi connectivity index (χ2n) is 6.50. The van der Waals surface area contributed by atoms with E-state index in [1.54, 1.807) is 13.3 Å². The molecular weight excluding hydrogens is 300 g/mol. The van der Waals surface area contributed by atoms with Crippen LogP contribution in [0.3, 0.4) is 0 Å². The molecule has 0 saturated heterocycles. The van der Waals surface area contributed by atoms with Crippen molar-refractivity contribution in [1.82, 2.24) is 10.3 Å². The number of amides is 1. The number of carbonyl (C=O) groups is 1. The summed E-state index contributed by atoms with van der Waals surface area (Å²) in [5, 5.41) is 3.21. The zero-order valence-corrected chi connectivity index (χ0v) is 14.5. The minimum atomic E-state index is -0.385. The third-order valence-electron chi connectivity index (χ3n) is 4.83. The average molecular weight is 324 g/mol. The van der Waals surface area contributed by atoms with Crippen molar-refractivity contribution < 1.29 is 9.53 Å². The van der Waals surface area contributed by atoms with Gasteiger partial charge < -0.3 is 10.1 Å². The van der Waals surface area contributed by atoms with Gasteiger partial charge in [0.25, 0.3) is 0 Å². The average Bonchev–Trinajstić information content (AvgIpc) is 3.41. The first-order chi connectivity index (χ1) is 11.6. The molecule has 1 aliphatic rings. The Morgan fingerprint density at radius 3 is 2.54 bits per heavy atom. The Morgan fingerprint density at radius 2 is 2.00 bits per heavy atom. The van der Waals surface area contributed by atoms with Gasteiger partial charge in [0, 0.05) is 6.20 Å². The number of hydrogen-bond donors (Lipinski definition) is 1. The highest BCUT2D eigenvalue weighted by molar-refractivity contribution is 5.91. The van der Waals surface area contributed by atoms with Crippen LogP contribution in [0.25, 0.3) is 0 Å². The molecule has 24 heavy (non-hydrogen) atoms. The highest BCUT2D eigenvalue weighted by Crippen LogP contribution is 2.49. The normalized spacial score (nSPS) is 16.3. The summed E-state index contributed by atoms with van der Waals surface area (Å²) in [5.41, 5.74) is 2.76. The van der Waals surface area contributed by atoms with E-state index in [9.17, 15) is 4.79 Å². The van der Waals surface area contributed by atoms with Crippen LogP contribution >= 0.6 is 0 Å². The molecule has 1 amide bonds. The highest BCUT2D eigenvalue weighted by Gasteiger charge is 2.51. The van der Waals surface area contributed by atoms with E-state index in [1.165, 1.54) is 0 Å². The highest BCUT2D eigenvalue weighted by atomic mass is 16.5. The number of benzene rings is 1. The minimum absolute atomic E-state index is 0.0480. The zero-order chi connectivity index (χ0) is 17.2. The van der Waals surface area contributed by atoms with E-state index in [4.69, 9.17) is 4.74 Å². The van der Waals surface area contributed by atoms with Crippen molar-refractivity contribution in [2.45, 2.75) is 44.6 Å². The first kappa shape index (κ1) is 16.5. The summed E-state index contributed by atoms with van der Waals surface area (Å²) in [6.45, 7) is 4.11. The summed E-state index contributed by atoms with van der Waals surface area (Å²) in [7, 11) is 1.65. The zero-order valence-electron chi connectivity index (χ0n) is 14.5. The van der Waals surface area contributed by atoms with E-state index in [2.05, 4.69) is 17.2 Å². The molecule has 4 heteroatoms. The minimum Gasteiger partial charge on any atom is -0.497 e. The molecule has 1 saturated carbocycles. The summed E-state index contributed by atoms with van der Waals surface area (Å²) in [6.07, 6.45) is 4.41. The Hall–Kier alpha value is -2.36. The van der Waals surface area contributed by atoms with Gasteiger partial charge in [-0.05, 0) is 61.6 Å². The number of aryl methyl sites for hydroxylation is 1. The van der Waals surface area contributed by atoms with Gasteiger partial charge in [-0.25, -0.2) is 0 Å². The lowest BCUT2D eigenvalue weighted by atomic mass is 9.94. The first-order valence-corrected chi connectivity index (χ1v) is 8.47. The fourth-order valence-corrected chi connectivity index (χ4v) is 3.11. The molecule has 1 fully saturated rings. The molecule has 1 atom stereocenters. The molecule has 3 rings (SSSR count). The number of nitrogens with one attached hydrogen (secondary N) is 1. The van der Waals surface area contributed by atoms with Crippen molar-refractivity contribution in [3.05, 3.63) is 59.4 Å². The van der Waals surface area contributed by atoms with Crippen LogP contribution < -0.4 is 10.1 Å². The number of rotatable bonds is 6. The van der Waals surface area contributed by atoms with Crippen LogP contribution in [0, 0.1) is 6.92 Å². The molecule has 1 N–H and O–H groups in total. The molecule has 1 heterocycles. The van der Waals surface area contributed by atoms with Gasteiger partial charge in [-0.15, -0.1) is 0 Å². The van der Waals surface area contributed by atoms with E-state index in [1.807, 2.05) is 43.3 Å². The smallest absolute Gasteiger partial charge is 0.231 e. The number of carbonyl (C=O) groups excluding carboxylic acids is 1. The summed E-state index contributed by atoms with van der Waals surface area (Å²) in [5.74, 6) is 0.910. The lowest BCUT2D eigenvalue weighted by Crippen LogP contribution is -2.37. The molecule has 0 unspecified atom stereocenters. The first-order valence-electron chi connectivity index (χ1n) is 8.47. The summed E-state index contributed by atoms with van der Waals surface area (Å²) >= 11 is 0. The maximum atomic E-state index is 12.9. The molecule has 1 aromatic carbocycles. The topological polar surface area (TPSA) is 51.2 Å². The molecule has 0 bridgehead atoms. The van der Waals surface area contributed by atoms with Crippen LogP contribution in [-0.2, 0) is 10.2 Å². The molecule has 126 valence electrons. The Kier molecular flexibility index (Phi) is 4.56. The van der Waals surface area contributed by atoms with Gasteiger partial charge in [-0.1, -0.05) is 19.1 Å². The lowest BCUT2D eigenvalue weighted by molar-refractivity contribution is -0.124. The Bertz CT molecular complexity index is 721. The van der Waals surface area contributed by atoms with Crippen LogP contribution in [0.5, 0.6) is 5.75 Å². The molecule has 1 aromatic heterocycles. The largest absolute Gasteiger partial charge is 0.497 e. The monoisotopic (exact) mass is 324 g/mol. The van der Waals surface area contributed by atoms with Crippen LogP contribution in [0.15, 0.2) is 42.6 Å². The van der Waals surface area contributed by atoms with Crippen molar-refractivity contribution in [3.8, 4) is 5.75 Å². The van der Waals surface area contributed by atoms with Gasteiger partial charge in [0.1, 0.15) is 5.75 Å². The maximum Gasteiger partial charge on any atom is 0.231 e. The van der Waals surface area contributed by atoms with Crippen LogP contribution in [-0.4, -0.2) is 18.0 Å². The van der Waals surface area contributed by atoms with Gasteiger partial charge in [0.05, 0.1) is 24.3 Å². The molecular formula is C20H24N2O2. The number of aromatic nitrogens is 1. The second kappa shape index (κ2) is 6.63. The fraction of sp³-hybridized carbons (Fsp3) is 0.400. The van der Waals surface area contributed by atoms with Gasteiger partial charge in [-0.3, -0.25) is 9.78 Å². The second-order valence-corrected chi connectivity index (χ2v) is 6.50. The van der Waals surface area contributed by atoms with Gasteiger partial charge >= 0.3 is 0 Å². The lowest BCUT2D eigenvalue weighted by Gasteiger charge is -2.22. The van der Waals surface area contributed by atoms with Crippen molar-refractivity contribution in [2.24, 2.45) is 0 Å². The summed E-state index contributed by atoms with van der Waals surface area (Å²) in [4.78, 5) is 17.4. The molecule has 1 aliphatic carbocycles. The number of nitrogens with zero attached hydrogens (tertiary/aromatic N) is 1. The van der Waals surface area contributed by atoms with E-state index in [-0.39, 0.29) is 17.4 Å².